The SMILES string of the molecule is CC(C)C(C)C(O)c1cncnc1. The summed E-state index contributed by atoms with van der Waals surface area (Å²) >= 11 is 0. The Bertz CT molecular complexity index is 248. The van der Waals surface area contributed by atoms with Crippen molar-refractivity contribution in [3.8, 4) is 0 Å². The molecule has 3 heteroatoms. The fourth-order valence-corrected chi connectivity index (χ4v) is 1.13. The molecule has 72 valence electrons. The number of rotatable bonds is 3. The molecule has 0 aromatic carbocycles. The van der Waals surface area contributed by atoms with E-state index in [4.69, 9.17) is 0 Å². The second kappa shape index (κ2) is 4.33. The van der Waals surface area contributed by atoms with E-state index in [0.29, 0.717) is 5.92 Å². The third-order valence-electron chi connectivity index (χ3n) is 2.47. The minimum Gasteiger partial charge on any atom is -0.388 e. The molecule has 0 radical (unpaired) electrons. The summed E-state index contributed by atoms with van der Waals surface area (Å²) < 4.78 is 0. The fraction of sp³-hybridized carbons (Fsp3) is 0.600. The van der Waals surface area contributed by atoms with E-state index in [-0.39, 0.29) is 5.92 Å². The van der Waals surface area contributed by atoms with Crippen LogP contribution < -0.4 is 0 Å². The topological polar surface area (TPSA) is 46.0 Å². The summed E-state index contributed by atoms with van der Waals surface area (Å²) in [5.41, 5.74) is 0.795. The molecule has 1 rings (SSSR count). The molecule has 13 heavy (non-hydrogen) atoms. The number of hydrogen-bond acceptors (Lipinski definition) is 3. The van der Waals surface area contributed by atoms with Crippen LogP contribution in [0.2, 0.25) is 0 Å². The van der Waals surface area contributed by atoms with Crippen LogP contribution >= 0.6 is 0 Å². The first-order valence-electron chi connectivity index (χ1n) is 4.56. The lowest BCUT2D eigenvalue weighted by Crippen LogP contribution is -2.15. The lowest BCUT2D eigenvalue weighted by molar-refractivity contribution is 0.0914. The molecular weight excluding hydrogens is 164 g/mol. The third kappa shape index (κ3) is 2.49. The molecule has 1 aromatic rings. The molecule has 0 aliphatic carbocycles. The van der Waals surface area contributed by atoms with Crippen LogP contribution in [0, 0.1) is 11.8 Å². The highest BCUT2D eigenvalue weighted by molar-refractivity contribution is 5.07. The van der Waals surface area contributed by atoms with E-state index in [1.165, 1.54) is 6.33 Å². The zero-order valence-corrected chi connectivity index (χ0v) is 8.31. The van der Waals surface area contributed by atoms with E-state index < -0.39 is 6.10 Å². The van der Waals surface area contributed by atoms with E-state index in [2.05, 4.69) is 23.8 Å². The van der Waals surface area contributed by atoms with Gasteiger partial charge in [0.25, 0.3) is 0 Å². The van der Waals surface area contributed by atoms with Gasteiger partial charge in [0.05, 0.1) is 6.10 Å². The van der Waals surface area contributed by atoms with Gasteiger partial charge in [-0.1, -0.05) is 20.8 Å². The van der Waals surface area contributed by atoms with Crippen molar-refractivity contribution in [1.29, 1.82) is 0 Å². The van der Waals surface area contributed by atoms with Crippen LogP contribution in [0.3, 0.4) is 0 Å². The van der Waals surface area contributed by atoms with Gasteiger partial charge >= 0.3 is 0 Å². The molecule has 0 bridgehead atoms. The first-order valence-corrected chi connectivity index (χ1v) is 4.56. The zero-order chi connectivity index (χ0) is 9.84. The maximum Gasteiger partial charge on any atom is 0.115 e. The van der Waals surface area contributed by atoms with Gasteiger partial charge in [0, 0.05) is 18.0 Å². The lowest BCUT2D eigenvalue weighted by atomic mass is 9.89. The minimum atomic E-state index is -0.457. The molecule has 2 unspecified atom stereocenters. The van der Waals surface area contributed by atoms with Gasteiger partial charge < -0.3 is 5.11 Å². The van der Waals surface area contributed by atoms with E-state index in [1.54, 1.807) is 12.4 Å². The predicted octanol–water partition coefficient (Wildman–Crippen LogP) is 1.80. The largest absolute Gasteiger partial charge is 0.388 e. The molecule has 0 aliphatic heterocycles. The normalized spacial score (nSPS) is 15.8. The molecule has 0 amide bonds. The lowest BCUT2D eigenvalue weighted by Gasteiger charge is -2.21. The summed E-state index contributed by atoms with van der Waals surface area (Å²) in [7, 11) is 0. The van der Waals surface area contributed by atoms with Gasteiger partial charge in [-0.15, -0.1) is 0 Å². The highest BCUT2D eigenvalue weighted by atomic mass is 16.3. The molecular formula is C10H16N2O. The van der Waals surface area contributed by atoms with Crippen molar-refractivity contribution in [1.82, 2.24) is 9.97 Å². The van der Waals surface area contributed by atoms with Crippen molar-refractivity contribution in [3.05, 3.63) is 24.3 Å². The first kappa shape index (κ1) is 10.1. The van der Waals surface area contributed by atoms with Crippen molar-refractivity contribution in [2.75, 3.05) is 0 Å². The Labute approximate surface area is 78.9 Å². The average molecular weight is 180 g/mol. The van der Waals surface area contributed by atoms with E-state index in [1.807, 2.05) is 6.92 Å². The Balaban J connectivity index is 2.73. The summed E-state index contributed by atoms with van der Waals surface area (Å²) in [6.45, 7) is 6.22. The van der Waals surface area contributed by atoms with E-state index in [9.17, 15) is 5.11 Å². The second-order valence-corrected chi connectivity index (χ2v) is 3.72. The molecule has 1 N–H and O–H groups in total. The Morgan fingerprint density at radius 1 is 1.15 bits per heavy atom. The van der Waals surface area contributed by atoms with E-state index in [0.717, 1.165) is 5.56 Å². The monoisotopic (exact) mass is 180 g/mol. The fourth-order valence-electron chi connectivity index (χ4n) is 1.13. The Kier molecular flexibility index (Phi) is 3.37. The van der Waals surface area contributed by atoms with Crippen LogP contribution in [0.4, 0.5) is 0 Å². The average Bonchev–Trinajstić information content (AvgIpc) is 2.17. The molecule has 1 heterocycles. The minimum absolute atomic E-state index is 0.228. The highest BCUT2D eigenvalue weighted by Crippen LogP contribution is 2.26. The summed E-state index contributed by atoms with van der Waals surface area (Å²) in [5, 5.41) is 9.88. The first-order chi connectivity index (χ1) is 6.13. The molecule has 0 fully saturated rings. The van der Waals surface area contributed by atoms with Crippen molar-refractivity contribution in [3.63, 3.8) is 0 Å². The van der Waals surface area contributed by atoms with Crippen molar-refractivity contribution in [2.24, 2.45) is 11.8 Å². The number of hydrogen-bond donors (Lipinski definition) is 1. The summed E-state index contributed by atoms with van der Waals surface area (Å²) in [5.74, 6) is 0.682. The van der Waals surface area contributed by atoms with Gasteiger partial charge in [0.15, 0.2) is 0 Å². The molecule has 0 saturated carbocycles. The van der Waals surface area contributed by atoms with E-state index >= 15 is 0 Å². The Morgan fingerprint density at radius 2 is 1.69 bits per heavy atom. The maximum atomic E-state index is 9.88. The second-order valence-electron chi connectivity index (χ2n) is 3.72. The quantitative estimate of drug-likeness (QED) is 0.771. The number of nitrogens with zero attached hydrogens (tertiary/aromatic N) is 2. The van der Waals surface area contributed by atoms with Crippen molar-refractivity contribution >= 4 is 0 Å². The summed E-state index contributed by atoms with van der Waals surface area (Å²) in [4.78, 5) is 7.75. The predicted molar refractivity (Wildman–Crippen MR) is 51.0 cm³/mol. The summed E-state index contributed by atoms with van der Waals surface area (Å²) in [6, 6.07) is 0. The van der Waals surface area contributed by atoms with Gasteiger partial charge in [-0.3, -0.25) is 0 Å². The zero-order valence-electron chi connectivity index (χ0n) is 8.31. The van der Waals surface area contributed by atoms with Gasteiger partial charge in [-0.05, 0) is 11.8 Å². The van der Waals surface area contributed by atoms with Crippen molar-refractivity contribution in [2.45, 2.75) is 26.9 Å². The van der Waals surface area contributed by atoms with Gasteiger partial charge in [0.2, 0.25) is 0 Å². The summed E-state index contributed by atoms with van der Waals surface area (Å²) in [6.07, 6.45) is 4.34. The van der Waals surface area contributed by atoms with Gasteiger partial charge in [-0.2, -0.15) is 0 Å². The Morgan fingerprint density at radius 3 is 2.15 bits per heavy atom. The smallest absolute Gasteiger partial charge is 0.115 e. The van der Waals surface area contributed by atoms with Crippen LogP contribution in [-0.2, 0) is 0 Å². The van der Waals surface area contributed by atoms with Crippen LogP contribution in [0.5, 0.6) is 0 Å². The molecule has 0 aliphatic rings. The standard InChI is InChI=1S/C10H16N2O/c1-7(2)8(3)10(13)9-4-11-6-12-5-9/h4-8,10,13H,1-3H3. The number of aliphatic hydroxyl groups is 1. The van der Waals surface area contributed by atoms with Crippen LogP contribution in [-0.4, -0.2) is 15.1 Å². The van der Waals surface area contributed by atoms with Crippen LogP contribution in [0.25, 0.3) is 0 Å². The van der Waals surface area contributed by atoms with Crippen LogP contribution in [0.1, 0.15) is 32.4 Å². The molecule has 3 nitrogen and oxygen atoms in total. The van der Waals surface area contributed by atoms with Crippen molar-refractivity contribution < 1.29 is 5.11 Å². The third-order valence-corrected chi connectivity index (χ3v) is 2.47. The number of aliphatic hydroxyl groups excluding tert-OH is 1. The van der Waals surface area contributed by atoms with Gasteiger partial charge in [-0.25, -0.2) is 9.97 Å². The molecule has 1 aromatic heterocycles. The molecule has 0 saturated heterocycles. The molecule has 2 atom stereocenters. The number of aromatic nitrogens is 2. The van der Waals surface area contributed by atoms with Crippen LogP contribution in [0.15, 0.2) is 18.7 Å². The molecule has 0 spiro atoms. The Hall–Kier alpha value is -0.960. The van der Waals surface area contributed by atoms with Gasteiger partial charge in [0.1, 0.15) is 6.33 Å². The maximum absolute atomic E-state index is 9.88. The highest BCUT2D eigenvalue weighted by Gasteiger charge is 2.19.